The Balaban J connectivity index is 0.000000260. The first-order chi connectivity index (χ1) is 23.1. The molecule has 2 fully saturated rings. The van der Waals surface area contributed by atoms with Crippen molar-refractivity contribution in [3.8, 4) is 0 Å². The van der Waals surface area contributed by atoms with Gasteiger partial charge in [-0.3, -0.25) is 20.4 Å². The Morgan fingerprint density at radius 3 is 1.35 bits per heavy atom. The van der Waals surface area contributed by atoms with Crippen molar-refractivity contribution in [3.63, 3.8) is 0 Å². The molecule has 0 radical (unpaired) electrons. The van der Waals surface area contributed by atoms with Crippen molar-refractivity contribution >= 4 is 35.9 Å². The van der Waals surface area contributed by atoms with Gasteiger partial charge in [0.2, 0.25) is 11.8 Å². The van der Waals surface area contributed by atoms with Crippen LogP contribution in [0, 0.1) is 0 Å². The van der Waals surface area contributed by atoms with Gasteiger partial charge in [-0.15, -0.1) is 0 Å². The Bertz CT molecular complexity index is 1290. The van der Waals surface area contributed by atoms with Gasteiger partial charge in [-0.25, -0.2) is 29.2 Å². The quantitative estimate of drug-likeness (QED) is 0.186. The molecular weight excluding hydrogens is 628 g/mol. The van der Waals surface area contributed by atoms with Gasteiger partial charge in [-0.1, -0.05) is 74.5 Å². The number of rotatable bonds is 12. The van der Waals surface area contributed by atoms with Gasteiger partial charge in [0.15, 0.2) is 0 Å². The number of nitrogens with one attached hydrogen (secondary N) is 4. The molecule has 4 rings (SSSR count). The van der Waals surface area contributed by atoms with E-state index in [4.69, 9.17) is 18.9 Å². The normalized spacial score (nSPS) is 18.6. The van der Waals surface area contributed by atoms with Crippen LogP contribution in [0.3, 0.4) is 0 Å². The maximum Gasteiger partial charge on any atom is 0.408 e. The van der Waals surface area contributed by atoms with E-state index in [1.54, 1.807) is 10.0 Å². The van der Waals surface area contributed by atoms with Crippen molar-refractivity contribution in [1.82, 2.24) is 31.5 Å². The predicted molar refractivity (Wildman–Crippen MR) is 169 cm³/mol. The highest BCUT2D eigenvalue weighted by atomic mass is 16.6. The van der Waals surface area contributed by atoms with Gasteiger partial charge in [0.25, 0.3) is 0 Å². The molecule has 0 aromatic heterocycles. The van der Waals surface area contributed by atoms with E-state index in [0.29, 0.717) is 13.1 Å². The van der Waals surface area contributed by atoms with Gasteiger partial charge in [-0.05, 0) is 11.1 Å². The average Bonchev–Trinajstić information content (AvgIpc) is 3.69. The van der Waals surface area contributed by atoms with Crippen LogP contribution in [0.2, 0.25) is 0 Å². The average molecular weight is 671 g/mol. The number of carbonyl (C=O) groups is 6. The van der Waals surface area contributed by atoms with Gasteiger partial charge in [0.05, 0.1) is 26.3 Å². The zero-order valence-electron chi connectivity index (χ0n) is 27.3. The fourth-order valence-electron chi connectivity index (χ4n) is 5.06. The van der Waals surface area contributed by atoms with Crippen molar-refractivity contribution in [2.75, 3.05) is 27.3 Å². The number of hydrogen-bond donors (Lipinski definition) is 4. The number of methoxy groups -OCH3 is 2. The van der Waals surface area contributed by atoms with E-state index in [-0.39, 0.29) is 37.9 Å². The van der Waals surface area contributed by atoms with E-state index in [1.165, 1.54) is 14.2 Å². The minimum Gasteiger partial charge on any atom is -0.467 e. The summed E-state index contributed by atoms with van der Waals surface area (Å²) in [4.78, 5) is 71.2. The molecule has 4 amide bonds. The Kier molecular flexibility index (Phi) is 14.6. The van der Waals surface area contributed by atoms with E-state index in [9.17, 15) is 28.8 Å². The Hall–Kier alpha value is -5.22. The number of carbonyl (C=O) groups excluding carboxylic acids is 6. The first-order valence-electron chi connectivity index (χ1n) is 15.3. The number of hydrazine groups is 2. The van der Waals surface area contributed by atoms with E-state index in [2.05, 4.69) is 21.5 Å². The summed E-state index contributed by atoms with van der Waals surface area (Å²) >= 11 is 0. The lowest BCUT2D eigenvalue weighted by Crippen LogP contribution is -2.55. The number of ether oxygens (including phenoxy) is 4. The van der Waals surface area contributed by atoms with Crippen molar-refractivity contribution in [3.05, 3.63) is 71.8 Å². The maximum atomic E-state index is 12.0. The summed E-state index contributed by atoms with van der Waals surface area (Å²) in [7, 11) is 2.46. The van der Waals surface area contributed by atoms with Crippen LogP contribution in [0.15, 0.2) is 60.7 Å². The second-order valence-corrected chi connectivity index (χ2v) is 10.6. The summed E-state index contributed by atoms with van der Waals surface area (Å²) in [5.74, 6) is -1.69. The monoisotopic (exact) mass is 670 g/mol. The number of alkyl carbamates (subject to hydrolysis) is 2. The second kappa shape index (κ2) is 18.8. The summed E-state index contributed by atoms with van der Waals surface area (Å²) < 4.78 is 19.7. The van der Waals surface area contributed by atoms with Crippen molar-refractivity contribution in [2.45, 2.75) is 64.1 Å². The standard InChI is InChI=1S/2C16H21N3O5/c2*1-3-19-12(9-13(20)18-19)14(15(21)23-2)17-16(22)24-10-11-7-5-4-6-8-11/h2*4-8,12,14H,3,9-10H2,1-2H3,(H,17,22)(H,18,20)/t2*12-,14+/m10/s1. The molecular formula is C32H42N6O10. The molecule has 0 bridgehead atoms. The molecule has 4 N–H and O–H groups in total. The second-order valence-electron chi connectivity index (χ2n) is 10.6. The third kappa shape index (κ3) is 10.9. The predicted octanol–water partition coefficient (Wildman–Crippen LogP) is 1.16. The fourth-order valence-corrected chi connectivity index (χ4v) is 5.06. The van der Waals surface area contributed by atoms with Crippen LogP contribution in [0.5, 0.6) is 0 Å². The van der Waals surface area contributed by atoms with E-state index < -0.39 is 48.3 Å². The van der Waals surface area contributed by atoms with Gasteiger partial charge in [0, 0.05) is 25.9 Å². The highest BCUT2D eigenvalue weighted by molar-refractivity contribution is 5.86. The third-order valence-corrected chi connectivity index (χ3v) is 7.46. The smallest absolute Gasteiger partial charge is 0.408 e. The Labute approximate surface area is 278 Å². The molecule has 0 aliphatic carbocycles. The minimum atomic E-state index is -1.00. The largest absolute Gasteiger partial charge is 0.467 e. The molecule has 2 aliphatic heterocycles. The lowest BCUT2D eigenvalue weighted by Gasteiger charge is -2.28. The van der Waals surface area contributed by atoms with Crippen molar-refractivity contribution < 1.29 is 47.7 Å². The van der Waals surface area contributed by atoms with Crippen LogP contribution in [0.1, 0.15) is 37.8 Å². The summed E-state index contributed by atoms with van der Waals surface area (Å²) in [5, 5.41) is 8.19. The molecule has 16 heteroatoms. The lowest BCUT2D eigenvalue weighted by atomic mass is 10.1. The number of esters is 2. The molecule has 2 aromatic carbocycles. The van der Waals surface area contributed by atoms with Gasteiger partial charge < -0.3 is 29.6 Å². The first kappa shape index (κ1) is 37.2. The highest BCUT2D eigenvalue weighted by Gasteiger charge is 2.42. The van der Waals surface area contributed by atoms with Crippen LogP contribution in [0.4, 0.5) is 9.59 Å². The fraction of sp³-hybridized carbons (Fsp3) is 0.438. The SMILES string of the molecule is CCN1NC(=O)C[C@@H]1[C@H](NC(=O)OCc1ccccc1)C(=O)OC.CCN1NC(=O)C[C@H]1[C@@H](NC(=O)OCc1ccccc1)C(=O)OC. The molecule has 0 saturated carbocycles. The molecule has 2 aromatic rings. The molecule has 2 saturated heterocycles. The molecule has 48 heavy (non-hydrogen) atoms. The number of nitrogens with zero attached hydrogens (tertiary/aromatic N) is 2. The Morgan fingerprint density at radius 1 is 0.688 bits per heavy atom. The van der Waals surface area contributed by atoms with Crippen molar-refractivity contribution in [1.29, 1.82) is 0 Å². The third-order valence-electron chi connectivity index (χ3n) is 7.46. The molecule has 4 atom stereocenters. The van der Waals surface area contributed by atoms with Crippen LogP contribution in [0.25, 0.3) is 0 Å². The summed E-state index contributed by atoms with van der Waals surface area (Å²) in [5.41, 5.74) is 6.94. The van der Waals surface area contributed by atoms with Gasteiger partial charge >= 0.3 is 24.1 Å². The van der Waals surface area contributed by atoms with E-state index in [1.807, 2.05) is 74.5 Å². The van der Waals surface area contributed by atoms with Crippen LogP contribution in [-0.2, 0) is 51.3 Å². The van der Waals surface area contributed by atoms with Crippen LogP contribution >= 0.6 is 0 Å². The molecule has 2 heterocycles. The molecule has 0 unspecified atom stereocenters. The number of benzene rings is 2. The highest BCUT2D eigenvalue weighted by Crippen LogP contribution is 2.17. The van der Waals surface area contributed by atoms with Crippen LogP contribution in [-0.4, -0.2) is 97.4 Å². The summed E-state index contributed by atoms with van der Waals surface area (Å²) in [6, 6.07) is 15.3. The van der Waals surface area contributed by atoms with Gasteiger partial charge in [0.1, 0.15) is 25.3 Å². The summed E-state index contributed by atoms with van der Waals surface area (Å²) in [6.45, 7) is 4.82. The van der Waals surface area contributed by atoms with Gasteiger partial charge in [-0.2, -0.15) is 0 Å². The zero-order chi connectivity index (χ0) is 35.1. The zero-order valence-corrected chi connectivity index (χ0v) is 27.3. The number of likely N-dealkylation sites (N-methyl/N-ethyl adjacent to an activating group) is 2. The van der Waals surface area contributed by atoms with Crippen LogP contribution < -0.4 is 21.5 Å². The minimum absolute atomic E-state index is 0.0832. The Morgan fingerprint density at radius 2 is 1.04 bits per heavy atom. The number of hydrogen-bond acceptors (Lipinski definition) is 12. The first-order valence-corrected chi connectivity index (χ1v) is 15.3. The molecule has 2 aliphatic rings. The van der Waals surface area contributed by atoms with E-state index in [0.717, 1.165) is 11.1 Å². The number of amides is 4. The lowest BCUT2D eigenvalue weighted by molar-refractivity contribution is -0.145. The maximum absolute atomic E-state index is 12.0. The molecule has 0 spiro atoms. The van der Waals surface area contributed by atoms with Crippen molar-refractivity contribution in [2.24, 2.45) is 0 Å². The molecule has 260 valence electrons. The topological polar surface area (TPSA) is 194 Å². The summed E-state index contributed by atoms with van der Waals surface area (Å²) in [6.07, 6.45) is -1.31. The van der Waals surface area contributed by atoms with E-state index >= 15 is 0 Å². The molecule has 16 nitrogen and oxygen atoms in total.